The fourth-order valence-electron chi connectivity index (χ4n) is 2.08. The summed E-state index contributed by atoms with van der Waals surface area (Å²) in [6.07, 6.45) is -1.05. The summed E-state index contributed by atoms with van der Waals surface area (Å²) in [4.78, 5) is 23.7. The number of benzene rings is 1. The van der Waals surface area contributed by atoms with E-state index in [1.54, 1.807) is 19.1 Å². The van der Waals surface area contributed by atoms with Crippen molar-refractivity contribution in [1.82, 2.24) is 4.31 Å². The quantitative estimate of drug-likeness (QED) is 0.611. The average Bonchev–Trinajstić information content (AvgIpc) is 2.84. The molecule has 22 heavy (non-hydrogen) atoms. The molecule has 1 aromatic rings. The first-order valence-corrected chi connectivity index (χ1v) is 7.79. The van der Waals surface area contributed by atoms with E-state index < -0.39 is 34.2 Å². The summed E-state index contributed by atoms with van der Waals surface area (Å²) in [6.45, 7) is 5.24. The first kappa shape index (κ1) is 16.0. The minimum atomic E-state index is -4.24. The Labute approximate surface area is 128 Å². The van der Waals surface area contributed by atoms with E-state index in [1.807, 2.05) is 0 Å². The minimum Gasteiger partial charge on any atom is -0.467 e. The molecular weight excluding hydrogens is 310 g/mol. The van der Waals surface area contributed by atoms with Crippen molar-refractivity contribution in [2.45, 2.75) is 24.0 Å². The molecule has 2 atom stereocenters. The Morgan fingerprint density at radius 1 is 1.36 bits per heavy atom. The molecule has 0 bridgehead atoms. The van der Waals surface area contributed by atoms with Crippen LogP contribution in [0.25, 0.3) is 0 Å². The summed E-state index contributed by atoms with van der Waals surface area (Å²) in [5.74, 6) is -0.897. The van der Waals surface area contributed by atoms with Gasteiger partial charge < -0.3 is 9.47 Å². The van der Waals surface area contributed by atoms with Crippen molar-refractivity contribution in [3.63, 3.8) is 0 Å². The van der Waals surface area contributed by atoms with E-state index in [4.69, 9.17) is 4.74 Å². The molecule has 7 nitrogen and oxygen atoms in total. The molecule has 0 radical (unpaired) electrons. The second-order valence-electron chi connectivity index (χ2n) is 4.67. The largest absolute Gasteiger partial charge is 0.467 e. The predicted molar refractivity (Wildman–Crippen MR) is 76.5 cm³/mol. The molecule has 0 aliphatic carbocycles. The highest BCUT2D eigenvalue weighted by Crippen LogP contribution is 2.29. The molecule has 2 rings (SSSR count). The normalized spacial score (nSPS) is 21.4. The number of sulfonamides is 1. The van der Waals surface area contributed by atoms with Crippen LogP contribution in [0, 0.1) is 6.92 Å². The van der Waals surface area contributed by atoms with Gasteiger partial charge in [0.05, 0.1) is 12.0 Å². The maximum atomic E-state index is 12.6. The second-order valence-corrected chi connectivity index (χ2v) is 6.48. The summed E-state index contributed by atoms with van der Waals surface area (Å²) >= 11 is 0. The fourth-order valence-corrected chi connectivity index (χ4v) is 3.53. The van der Waals surface area contributed by atoms with Crippen LogP contribution in [0.1, 0.15) is 5.56 Å². The van der Waals surface area contributed by atoms with Crippen molar-refractivity contribution in [3.05, 3.63) is 42.5 Å². The van der Waals surface area contributed by atoms with Gasteiger partial charge in [0.25, 0.3) is 10.0 Å². The zero-order chi connectivity index (χ0) is 16.5. The molecule has 1 fully saturated rings. The molecule has 1 aromatic carbocycles. The molecule has 1 aliphatic rings. The summed E-state index contributed by atoms with van der Waals surface area (Å²) in [5.41, 5.74) is 0.858. The first-order chi connectivity index (χ1) is 10.3. The Kier molecular flexibility index (Phi) is 4.23. The van der Waals surface area contributed by atoms with Crippen molar-refractivity contribution in [2.75, 3.05) is 7.11 Å². The number of hydrogen-bond acceptors (Lipinski definition) is 6. The standard InChI is InChI=1S/C14H15NO6S/c1-4-11-12(13(16)20-3)15(14(17)21-11)22(18,19)10-7-5-9(2)6-8-10/h4-8,11-12H,1H2,2-3H3/t11-,12-/m0/s1. The lowest BCUT2D eigenvalue weighted by Gasteiger charge is -2.20. The highest BCUT2D eigenvalue weighted by Gasteiger charge is 2.52. The zero-order valence-corrected chi connectivity index (χ0v) is 12.9. The van der Waals surface area contributed by atoms with Gasteiger partial charge in [-0.15, -0.1) is 0 Å². The molecule has 0 unspecified atom stereocenters. The van der Waals surface area contributed by atoms with Crippen molar-refractivity contribution in [2.24, 2.45) is 0 Å². The number of nitrogens with zero attached hydrogens (tertiary/aromatic N) is 1. The number of carbonyl (C=O) groups is 2. The molecule has 0 N–H and O–H groups in total. The van der Waals surface area contributed by atoms with Crippen LogP contribution in [0.5, 0.6) is 0 Å². The van der Waals surface area contributed by atoms with Gasteiger partial charge in [-0.1, -0.05) is 24.3 Å². The van der Waals surface area contributed by atoms with Crippen LogP contribution in [0.15, 0.2) is 41.8 Å². The topological polar surface area (TPSA) is 90.0 Å². The molecule has 1 amide bonds. The molecule has 0 aromatic heterocycles. The molecular formula is C14H15NO6S. The first-order valence-electron chi connectivity index (χ1n) is 6.35. The minimum absolute atomic E-state index is 0.117. The maximum absolute atomic E-state index is 12.6. The number of rotatable bonds is 4. The van der Waals surface area contributed by atoms with E-state index in [1.165, 1.54) is 18.2 Å². The molecule has 0 spiro atoms. The van der Waals surface area contributed by atoms with Crippen LogP contribution in [0.2, 0.25) is 0 Å². The number of carbonyl (C=O) groups excluding carboxylic acids is 2. The number of amides is 1. The fraction of sp³-hybridized carbons (Fsp3) is 0.286. The van der Waals surface area contributed by atoms with Crippen LogP contribution in [-0.2, 0) is 24.3 Å². The molecule has 0 saturated carbocycles. The molecule has 8 heteroatoms. The highest BCUT2D eigenvalue weighted by atomic mass is 32.2. The van der Waals surface area contributed by atoms with Crippen molar-refractivity contribution >= 4 is 22.1 Å². The lowest BCUT2D eigenvalue weighted by Crippen LogP contribution is -2.46. The smallest absolute Gasteiger partial charge is 0.425 e. The van der Waals surface area contributed by atoms with Gasteiger partial charge in [-0.2, -0.15) is 4.31 Å². The van der Waals surface area contributed by atoms with Crippen LogP contribution >= 0.6 is 0 Å². The Hall–Kier alpha value is -2.35. The van der Waals surface area contributed by atoms with Gasteiger partial charge in [-0.3, -0.25) is 0 Å². The molecule has 1 heterocycles. The van der Waals surface area contributed by atoms with Crippen LogP contribution < -0.4 is 0 Å². The van der Waals surface area contributed by atoms with Gasteiger partial charge in [0.1, 0.15) is 0 Å². The summed E-state index contributed by atoms with van der Waals surface area (Å²) in [6, 6.07) is 4.46. The predicted octanol–water partition coefficient (Wildman–Crippen LogP) is 1.23. The Bertz CT molecular complexity index is 709. The Morgan fingerprint density at radius 3 is 2.45 bits per heavy atom. The number of methoxy groups -OCH3 is 1. The van der Waals surface area contributed by atoms with Gasteiger partial charge in [0, 0.05) is 0 Å². The SMILES string of the molecule is C=C[C@@H]1OC(=O)N(S(=O)(=O)c2ccc(C)cc2)[C@@H]1C(=O)OC. The van der Waals surface area contributed by atoms with Crippen LogP contribution in [-0.4, -0.2) is 44.0 Å². The number of aryl methyl sites for hydroxylation is 1. The van der Waals surface area contributed by atoms with E-state index >= 15 is 0 Å². The summed E-state index contributed by atoms with van der Waals surface area (Å²) < 4.78 is 35.1. The number of hydrogen-bond donors (Lipinski definition) is 0. The van der Waals surface area contributed by atoms with Crippen molar-refractivity contribution in [1.29, 1.82) is 0 Å². The molecule has 1 aliphatic heterocycles. The van der Waals surface area contributed by atoms with E-state index in [2.05, 4.69) is 11.3 Å². The number of ether oxygens (including phenoxy) is 2. The van der Waals surface area contributed by atoms with E-state index in [-0.39, 0.29) is 4.90 Å². The van der Waals surface area contributed by atoms with Crippen molar-refractivity contribution in [3.8, 4) is 0 Å². The summed E-state index contributed by atoms with van der Waals surface area (Å²) in [5, 5.41) is 0. The van der Waals surface area contributed by atoms with E-state index in [0.29, 0.717) is 4.31 Å². The molecule has 118 valence electrons. The number of esters is 1. The lowest BCUT2D eigenvalue weighted by molar-refractivity contribution is -0.144. The Balaban J connectivity index is 2.51. The lowest BCUT2D eigenvalue weighted by atomic mass is 10.2. The van der Waals surface area contributed by atoms with Gasteiger partial charge in [-0.05, 0) is 25.1 Å². The van der Waals surface area contributed by atoms with Gasteiger partial charge in [0.15, 0.2) is 12.1 Å². The third-order valence-electron chi connectivity index (χ3n) is 3.23. The van der Waals surface area contributed by atoms with Crippen LogP contribution in [0.4, 0.5) is 4.79 Å². The maximum Gasteiger partial charge on any atom is 0.425 e. The average molecular weight is 325 g/mol. The van der Waals surface area contributed by atoms with Crippen LogP contribution in [0.3, 0.4) is 0 Å². The van der Waals surface area contributed by atoms with E-state index in [0.717, 1.165) is 12.7 Å². The highest BCUT2D eigenvalue weighted by molar-refractivity contribution is 7.89. The second kappa shape index (κ2) is 5.80. The third kappa shape index (κ3) is 2.57. The van der Waals surface area contributed by atoms with Gasteiger partial charge in [0.2, 0.25) is 0 Å². The monoisotopic (exact) mass is 325 g/mol. The van der Waals surface area contributed by atoms with Crippen molar-refractivity contribution < 1.29 is 27.5 Å². The van der Waals surface area contributed by atoms with Gasteiger partial charge in [-0.25, -0.2) is 18.0 Å². The van der Waals surface area contributed by atoms with Gasteiger partial charge >= 0.3 is 12.1 Å². The summed E-state index contributed by atoms with van der Waals surface area (Å²) in [7, 11) is -3.14. The zero-order valence-electron chi connectivity index (χ0n) is 12.1. The molecule has 1 saturated heterocycles. The third-order valence-corrected chi connectivity index (χ3v) is 5.00. The number of cyclic esters (lactones) is 1. The van der Waals surface area contributed by atoms with E-state index in [9.17, 15) is 18.0 Å². The Morgan fingerprint density at radius 2 is 1.95 bits per heavy atom.